The molecular formula is C5H7B. The SMILES string of the molecule is [B]C1CC=CC1. The Bertz CT molecular complexity index is 58.3. The largest absolute Gasteiger partial charge is 0.0890 e. The lowest BCUT2D eigenvalue weighted by Gasteiger charge is -1.92. The normalized spacial score (nSPS) is 22.7. The van der Waals surface area contributed by atoms with Crippen molar-refractivity contribution in [3.8, 4) is 0 Å². The quantitative estimate of drug-likeness (QED) is 0.302. The highest BCUT2D eigenvalue weighted by molar-refractivity contribution is 6.12. The van der Waals surface area contributed by atoms with Gasteiger partial charge in [0.15, 0.2) is 0 Å². The third-order valence-electron chi connectivity index (χ3n) is 1.04. The van der Waals surface area contributed by atoms with Crippen molar-refractivity contribution in [2.24, 2.45) is 0 Å². The first-order chi connectivity index (χ1) is 2.89. The van der Waals surface area contributed by atoms with Crippen molar-refractivity contribution in [3.63, 3.8) is 0 Å². The van der Waals surface area contributed by atoms with Crippen molar-refractivity contribution < 1.29 is 0 Å². The fourth-order valence-electron chi connectivity index (χ4n) is 0.638. The van der Waals surface area contributed by atoms with Crippen LogP contribution in [0.25, 0.3) is 0 Å². The molecule has 1 aliphatic rings. The molecule has 0 N–H and O–H groups in total. The van der Waals surface area contributed by atoms with Gasteiger partial charge in [-0.25, -0.2) is 0 Å². The molecule has 0 atom stereocenters. The molecule has 0 saturated heterocycles. The number of allylic oxidation sites excluding steroid dienone is 2. The van der Waals surface area contributed by atoms with Crippen molar-refractivity contribution in [1.82, 2.24) is 0 Å². The summed E-state index contributed by atoms with van der Waals surface area (Å²) in [4.78, 5) is 0. The highest BCUT2D eigenvalue weighted by Gasteiger charge is 1.99. The van der Waals surface area contributed by atoms with Crippen LogP contribution < -0.4 is 0 Å². The molecule has 0 unspecified atom stereocenters. The van der Waals surface area contributed by atoms with Crippen LogP contribution in [0.4, 0.5) is 0 Å². The lowest BCUT2D eigenvalue weighted by Crippen LogP contribution is -1.78. The first-order valence-corrected chi connectivity index (χ1v) is 2.30. The van der Waals surface area contributed by atoms with Crippen molar-refractivity contribution in [1.29, 1.82) is 0 Å². The van der Waals surface area contributed by atoms with E-state index in [0.29, 0.717) is 5.82 Å². The van der Waals surface area contributed by atoms with Gasteiger partial charge in [-0.3, -0.25) is 0 Å². The number of rotatable bonds is 0. The molecule has 0 amide bonds. The number of hydrogen-bond donors (Lipinski definition) is 0. The van der Waals surface area contributed by atoms with Gasteiger partial charge < -0.3 is 0 Å². The average molecular weight is 77.9 g/mol. The molecular weight excluding hydrogens is 70.9 g/mol. The molecule has 0 aromatic heterocycles. The lowest BCUT2D eigenvalue weighted by molar-refractivity contribution is 0.922. The van der Waals surface area contributed by atoms with E-state index >= 15 is 0 Å². The maximum absolute atomic E-state index is 5.47. The van der Waals surface area contributed by atoms with E-state index in [-0.39, 0.29) is 0 Å². The fraction of sp³-hybridized carbons (Fsp3) is 0.600. The van der Waals surface area contributed by atoms with Crippen LogP contribution in [-0.4, -0.2) is 7.85 Å². The Kier molecular flexibility index (Phi) is 0.996. The Balaban J connectivity index is 2.32. The molecule has 0 spiro atoms. The van der Waals surface area contributed by atoms with Gasteiger partial charge in [-0.15, -0.1) is 0 Å². The topological polar surface area (TPSA) is 0 Å². The second kappa shape index (κ2) is 1.50. The molecule has 30 valence electrons. The predicted molar refractivity (Wildman–Crippen MR) is 27.9 cm³/mol. The second-order valence-electron chi connectivity index (χ2n) is 1.70. The zero-order chi connectivity index (χ0) is 4.41. The molecule has 0 aliphatic heterocycles. The Morgan fingerprint density at radius 1 is 1.33 bits per heavy atom. The standard InChI is InChI=1S/C5H7B/c6-5-3-1-2-4-5/h1-2,5H,3-4H2. The molecule has 0 aromatic rings. The molecule has 0 fully saturated rings. The first-order valence-electron chi connectivity index (χ1n) is 2.30. The van der Waals surface area contributed by atoms with Crippen molar-refractivity contribution in [2.75, 3.05) is 0 Å². The van der Waals surface area contributed by atoms with E-state index in [2.05, 4.69) is 12.2 Å². The van der Waals surface area contributed by atoms with E-state index in [1.54, 1.807) is 0 Å². The summed E-state index contributed by atoms with van der Waals surface area (Å²) in [5, 5.41) is 0. The monoisotopic (exact) mass is 78.1 g/mol. The summed E-state index contributed by atoms with van der Waals surface area (Å²) in [6.07, 6.45) is 6.43. The van der Waals surface area contributed by atoms with Crippen molar-refractivity contribution >= 4 is 7.85 Å². The first kappa shape index (κ1) is 3.98. The van der Waals surface area contributed by atoms with E-state index in [0.717, 1.165) is 12.8 Å². The molecule has 1 rings (SSSR count). The fourth-order valence-corrected chi connectivity index (χ4v) is 0.638. The van der Waals surface area contributed by atoms with Crippen LogP contribution in [0.5, 0.6) is 0 Å². The van der Waals surface area contributed by atoms with Crippen molar-refractivity contribution in [2.45, 2.75) is 18.7 Å². The lowest BCUT2D eigenvalue weighted by atomic mass is 9.86. The van der Waals surface area contributed by atoms with Gasteiger partial charge in [0, 0.05) is 0 Å². The Hall–Kier alpha value is -0.195. The van der Waals surface area contributed by atoms with Gasteiger partial charge in [-0.2, -0.15) is 0 Å². The van der Waals surface area contributed by atoms with Gasteiger partial charge >= 0.3 is 0 Å². The average Bonchev–Trinajstić information content (AvgIpc) is 1.86. The summed E-state index contributed by atoms with van der Waals surface area (Å²) in [7, 11) is 5.47. The maximum Gasteiger partial charge on any atom is 0.0707 e. The van der Waals surface area contributed by atoms with E-state index < -0.39 is 0 Å². The van der Waals surface area contributed by atoms with Crippen LogP contribution in [0.3, 0.4) is 0 Å². The summed E-state index contributed by atoms with van der Waals surface area (Å²) in [5.74, 6) is 0.435. The maximum atomic E-state index is 5.47. The van der Waals surface area contributed by atoms with Gasteiger partial charge in [0.25, 0.3) is 0 Å². The predicted octanol–water partition coefficient (Wildman–Crippen LogP) is 1.29. The molecule has 0 bridgehead atoms. The smallest absolute Gasteiger partial charge is 0.0707 e. The van der Waals surface area contributed by atoms with Crippen molar-refractivity contribution in [3.05, 3.63) is 12.2 Å². The Morgan fingerprint density at radius 3 is 2.00 bits per heavy atom. The van der Waals surface area contributed by atoms with E-state index in [1.165, 1.54) is 0 Å². The minimum atomic E-state index is 0.435. The molecule has 2 radical (unpaired) electrons. The van der Waals surface area contributed by atoms with E-state index in [1.807, 2.05) is 0 Å². The molecule has 6 heavy (non-hydrogen) atoms. The minimum Gasteiger partial charge on any atom is -0.0890 e. The molecule has 0 heterocycles. The zero-order valence-electron chi connectivity index (χ0n) is 3.72. The van der Waals surface area contributed by atoms with Gasteiger partial charge in [-0.1, -0.05) is 18.0 Å². The minimum absolute atomic E-state index is 0.435. The third kappa shape index (κ3) is 0.646. The summed E-state index contributed by atoms with van der Waals surface area (Å²) >= 11 is 0. The van der Waals surface area contributed by atoms with Crippen LogP contribution in [0.1, 0.15) is 12.8 Å². The van der Waals surface area contributed by atoms with Gasteiger partial charge in [0.1, 0.15) is 0 Å². The summed E-state index contributed by atoms with van der Waals surface area (Å²) in [6, 6.07) is 0. The van der Waals surface area contributed by atoms with Gasteiger partial charge in [-0.05, 0) is 12.8 Å². The van der Waals surface area contributed by atoms with E-state index in [4.69, 9.17) is 7.85 Å². The number of hydrogen-bond acceptors (Lipinski definition) is 0. The summed E-state index contributed by atoms with van der Waals surface area (Å²) in [5.41, 5.74) is 0. The summed E-state index contributed by atoms with van der Waals surface area (Å²) in [6.45, 7) is 0. The van der Waals surface area contributed by atoms with Crippen LogP contribution in [0.15, 0.2) is 12.2 Å². The highest BCUT2D eigenvalue weighted by atomic mass is 14.0. The van der Waals surface area contributed by atoms with Crippen LogP contribution in [-0.2, 0) is 0 Å². The Labute approximate surface area is 39.7 Å². The molecule has 1 aliphatic carbocycles. The van der Waals surface area contributed by atoms with Crippen LogP contribution >= 0.6 is 0 Å². The molecule has 1 heteroatoms. The highest BCUT2D eigenvalue weighted by Crippen LogP contribution is 2.18. The van der Waals surface area contributed by atoms with Crippen LogP contribution in [0.2, 0.25) is 5.82 Å². The molecule has 0 saturated carbocycles. The molecule has 0 nitrogen and oxygen atoms in total. The third-order valence-corrected chi connectivity index (χ3v) is 1.04. The van der Waals surface area contributed by atoms with E-state index in [9.17, 15) is 0 Å². The zero-order valence-corrected chi connectivity index (χ0v) is 3.72. The van der Waals surface area contributed by atoms with Gasteiger partial charge in [0.05, 0.1) is 7.85 Å². The molecule has 0 aromatic carbocycles. The van der Waals surface area contributed by atoms with Gasteiger partial charge in [0.2, 0.25) is 0 Å². The summed E-state index contributed by atoms with van der Waals surface area (Å²) < 4.78 is 0. The van der Waals surface area contributed by atoms with Crippen LogP contribution in [0, 0.1) is 0 Å². The second-order valence-corrected chi connectivity index (χ2v) is 1.70. The Morgan fingerprint density at radius 2 is 1.83 bits per heavy atom.